The predicted molar refractivity (Wildman–Crippen MR) is 78.0 cm³/mol. The van der Waals surface area contributed by atoms with Crippen molar-refractivity contribution in [1.29, 1.82) is 0 Å². The summed E-state index contributed by atoms with van der Waals surface area (Å²) in [5.41, 5.74) is -0.868. The SMILES string of the molecule is CC1(C(=O)N2CCSCC2)Oc2ccccc2NC1=O. The molecule has 2 aliphatic heterocycles. The quantitative estimate of drug-likeness (QED) is 0.794. The van der Waals surface area contributed by atoms with Crippen molar-refractivity contribution < 1.29 is 14.3 Å². The van der Waals surface area contributed by atoms with Crippen LogP contribution in [0.1, 0.15) is 6.92 Å². The van der Waals surface area contributed by atoms with Crippen molar-refractivity contribution in [2.75, 3.05) is 29.9 Å². The second-order valence-corrected chi connectivity index (χ2v) is 6.21. The molecule has 2 heterocycles. The van der Waals surface area contributed by atoms with Gasteiger partial charge in [-0.15, -0.1) is 0 Å². The summed E-state index contributed by atoms with van der Waals surface area (Å²) in [7, 11) is 0. The summed E-state index contributed by atoms with van der Waals surface area (Å²) in [4.78, 5) is 26.6. The number of amides is 2. The monoisotopic (exact) mass is 292 g/mol. The minimum absolute atomic E-state index is 0.259. The van der Waals surface area contributed by atoms with Crippen molar-refractivity contribution in [3.05, 3.63) is 24.3 Å². The third-order valence-corrected chi connectivity index (χ3v) is 4.53. The van der Waals surface area contributed by atoms with Crippen LogP contribution in [0, 0.1) is 0 Å². The molecular weight excluding hydrogens is 276 g/mol. The Bertz CT molecular complexity index is 557. The fourth-order valence-corrected chi connectivity index (χ4v) is 3.28. The number of carbonyl (C=O) groups is 2. The number of anilines is 1. The highest BCUT2D eigenvalue weighted by Crippen LogP contribution is 2.34. The summed E-state index contributed by atoms with van der Waals surface area (Å²) in [5, 5.41) is 2.75. The molecule has 0 saturated carbocycles. The summed E-state index contributed by atoms with van der Waals surface area (Å²) in [6.45, 7) is 2.87. The number of carbonyl (C=O) groups excluding carboxylic acids is 2. The van der Waals surface area contributed by atoms with Gasteiger partial charge in [0.05, 0.1) is 5.69 Å². The molecule has 2 aliphatic rings. The molecular formula is C14H16N2O3S. The molecule has 5 nitrogen and oxygen atoms in total. The van der Waals surface area contributed by atoms with Gasteiger partial charge in [-0.3, -0.25) is 9.59 Å². The molecule has 0 bridgehead atoms. The summed E-state index contributed by atoms with van der Waals surface area (Å²) < 4.78 is 5.74. The van der Waals surface area contributed by atoms with Gasteiger partial charge in [0.2, 0.25) is 0 Å². The van der Waals surface area contributed by atoms with Gasteiger partial charge in [0.1, 0.15) is 5.75 Å². The topological polar surface area (TPSA) is 58.6 Å². The van der Waals surface area contributed by atoms with E-state index in [2.05, 4.69) is 5.32 Å². The van der Waals surface area contributed by atoms with Gasteiger partial charge in [-0.05, 0) is 19.1 Å². The fraction of sp³-hybridized carbons (Fsp3) is 0.429. The van der Waals surface area contributed by atoms with E-state index in [1.54, 1.807) is 24.0 Å². The minimum Gasteiger partial charge on any atom is -0.466 e. The number of ether oxygens (including phenoxy) is 1. The van der Waals surface area contributed by atoms with Crippen molar-refractivity contribution in [2.45, 2.75) is 12.5 Å². The molecule has 1 fully saturated rings. The Morgan fingerprint density at radius 1 is 1.35 bits per heavy atom. The first kappa shape index (κ1) is 13.3. The van der Waals surface area contributed by atoms with Crippen LogP contribution < -0.4 is 10.1 Å². The summed E-state index contributed by atoms with van der Waals surface area (Å²) in [5.74, 6) is 1.68. The van der Waals surface area contributed by atoms with Crippen molar-refractivity contribution in [1.82, 2.24) is 4.90 Å². The number of nitrogens with one attached hydrogen (secondary N) is 1. The largest absolute Gasteiger partial charge is 0.466 e. The maximum Gasteiger partial charge on any atom is 0.278 e. The van der Waals surface area contributed by atoms with Gasteiger partial charge in [-0.1, -0.05) is 12.1 Å². The van der Waals surface area contributed by atoms with Crippen LogP contribution in [0.15, 0.2) is 24.3 Å². The first-order valence-electron chi connectivity index (χ1n) is 6.58. The van der Waals surface area contributed by atoms with Crippen LogP contribution in [0.5, 0.6) is 5.75 Å². The molecule has 6 heteroatoms. The molecule has 3 rings (SSSR count). The van der Waals surface area contributed by atoms with E-state index < -0.39 is 11.5 Å². The van der Waals surface area contributed by atoms with Gasteiger partial charge in [-0.25, -0.2) is 0 Å². The third-order valence-electron chi connectivity index (χ3n) is 3.59. The molecule has 0 aromatic heterocycles. The van der Waals surface area contributed by atoms with E-state index in [-0.39, 0.29) is 5.91 Å². The lowest BCUT2D eigenvalue weighted by atomic mass is 10.0. The van der Waals surface area contributed by atoms with E-state index in [0.717, 1.165) is 11.5 Å². The summed E-state index contributed by atoms with van der Waals surface area (Å²) >= 11 is 1.82. The standard InChI is InChI=1S/C14H16N2O3S/c1-14(13(18)16-6-8-20-9-7-16)12(17)15-10-4-2-3-5-11(10)19-14/h2-5H,6-9H2,1H3,(H,15,17). The lowest BCUT2D eigenvalue weighted by molar-refractivity contribution is -0.154. The van der Waals surface area contributed by atoms with E-state index in [1.165, 1.54) is 0 Å². The Balaban J connectivity index is 1.88. The Morgan fingerprint density at radius 3 is 2.80 bits per heavy atom. The van der Waals surface area contributed by atoms with Gasteiger partial charge < -0.3 is 15.0 Å². The van der Waals surface area contributed by atoms with Crippen LogP contribution in [0.4, 0.5) is 5.69 Å². The normalized spacial score (nSPS) is 25.4. The van der Waals surface area contributed by atoms with Crippen molar-refractivity contribution in [3.8, 4) is 5.75 Å². The zero-order chi connectivity index (χ0) is 14.2. The molecule has 1 unspecified atom stereocenters. The van der Waals surface area contributed by atoms with E-state index in [0.29, 0.717) is 24.5 Å². The minimum atomic E-state index is -1.48. The lowest BCUT2D eigenvalue weighted by Gasteiger charge is -2.38. The maximum atomic E-state index is 12.6. The highest BCUT2D eigenvalue weighted by molar-refractivity contribution is 7.99. The second-order valence-electron chi connectivity index (χ2n) is 4.99. The van der Waals surface area contributed by atoms with Crippen LogP contribution in [0.3, 0.4) is 0 Å². The molecule has 20 heavy (non-hydrogen) atoms. The molecule has 1 N–H and O–H groups in total. The molecule has 0 radical (unpaired) electrons. The lowest BCUT2D eigenvalue weighted by Crippen LogP contribution is -2.60. The van der Waals surface area contributed by atoms with E-state index in [4.69, 9.17) is 4.74 Å². The zero-order valence-electron chi connectivity index (χ0n) is 11.2. The van der Waals surface area contributed by atoms with E-state index >= 15 is 0 Å². The number of thioether (sulfide) groups is 1. The zero-order valence-corrected chi connectivity index (χ0v) is 12.0. The molecule has 0 spiro atoms. The molecule has 1 saturated heterocycles. The highest BCUT2D eigenvalue weighted by Gasteiger charge is 2.49. The van der Waals surface area contributed by atoms with Crippen LogP contribution in [0.2, 0.25) is 0 Å². The molecule has 0 aliphatic carbocycles. The smallest absolute Gasteiger partial charge is 0.278 e. The number of hydrogen-bond acceptors (Lipinski definition) is 4. The first-order valence-corrected chi connectivity index (χ1v) is 7.73. The summed E-state index contributed by atoms with van der Waals surface area (Å²) in [6.07, 6.45) is 0. The van der Waals surface area contributed by atoms with Gasteiger partial charge >= 0.3 is 0 Å². The van der Waals surface area contributed by atoms with Crippen LogP contribution in [-0.2, 0) is 9.59 Å². The third kappa shape index (κ3) is 2.14. The molecule has 1 aromatic rings. The number of hydrogen-bond donors (Lipinski definition) is 1. The Labute approximate surface area is 121 Å². The Hall–Kier alpha value is -1.69. The Kier molecular flexibility index (Phi) is 3.33. The predicted octanol–water partition coefficient (Wildman–Crippen LogP) is 1.35. The molecule has 1 aromatic carbocycles. The van der Waals surface area contributed by atoms with E-state index in [9.17, 15) is 9.59 Å². The van der Waals surface area contributed by atoms with Gasteiger partial charge in [-0.2, -0.15) is 11.8 Å². The Morgan fingerprint density at radius 2 is 2.05 bits per heavy atom. The summed E-state index contributed by atoms with van der Waals surface area (Å²) in [6, 6.07) is 7.15. The van der Waals surface area contributed by atoms with Crippen LogP contribution in [0.25, 0.3) is 0 Å². The number of nitrogens with zero attached hydrogens (tertiary/aromatic N) is 1. The average Bonchev–Trinajstić information content (AvgIpc) is 2.48. The van der Waals surface area contributed by atoms with Gasteiger partial charge in [0, 0.05) is 24.6 Å². The molecule has 106 valence electrons. The van der Waals surface area contributed by atoms with Crippen molar-refractivity contribution in [3.63, 3.8) is 0 Å². The highest BCUT2D eigenvalue weighted by atomic mass is 32.2. The van der Waals surface area contributed by atoms with Crippen molar-refractivity contribution >= 4 is 29.3 Å². The van der Waals surface area contributed by atoms with Gasteiger partial charge in [0.25, 0.3) is 17.4 Å². The second kappa shape index (κ2) is 5.01. The molecule has 1 atom stereocenters. The first-order chi connectivity index (χ1) is 9.61. The maximum absolute atomic E-state index is 12.6. The average molecular weight is 292 g/mol. The number of para-hydroxylation sites is 2. The number of fused-ring (bicyclic) bond motifs is 1. The van der Waals surface area contributed by atoms with E-state index in [1.807, 2.05) is 23.9 Å². The molecule has 2 amide bonds. The van der Waals surface area contributed by atoms with Gasteiger partial charge in [0.15, 0.2) is 0 Å². The fourth-order valence-electron chi connectivity index (χ4n) is 2.38. The number of rotatable bonds is 1. The number of benzene rings is 1. The van der Waals surface area contributed by atoms with Crippen LogP contribution in [-0.4, -0.2) is 46.9 Å². The van der Waals surface area contributed by atoms with Crippen LogP contribution >= 0.6 is 11.8 Å². The van der Waals surface area contributed by atoms with Crippen molar-refractivity contribution in [2.24, 2.45) is 0 Å².